The van der Waals surface area contributed by atoms with Crippen molar-refractivity contribution in [3.63, 3.8) is 0 Å². The summed E-state index contributed by atoms with van der Waals surface area (Å²) in [6.07, 6.45) is 0. The molecule has 0 atom stereocenters. The van der Waals surface area contributed by atoms with Gasteiger partial charge in [0, 0.05) is 9.50 Å². The van der Waals surface area contributed by atoms with Gasteiger partial charge in [-0.05, 0) is 35.9 Å². The SMILES string of the molecule is O=C(CS(=O)(=O)Cc1ccc(Cl)cc1)Nc1ccc(Br)cc1Cl. The first-order valence-electron chi connectivity index (χ1n) is 6.45. The monoisotopic (exact) mass is 435 g/mol. The lowest BCUT2D eigenvalue weighted by molar-refractivity contribution is -0.113. The third-order valence-electron chi connectivity index (χ3n) is 2.86. The maximum Gasteiger partial charge on any atom is 0.239 e. The summed E-state index contributed by atoms with van der Waals surface area (Å²) in [5.74, 6) is -1.49. The zero-order chi connectivity index (χ0) is 17.0. The highest BCUT2D eigenvalue weighted by molar-refractivity contribution is 9.10. The molecule has 0 aliphatic carbocycles. The van der Waals surface area contributed by atoms with E-state index < -0.39 is 21.5 Å². The molecule has 0 aromatic heterocycles. The Kier molecular flexibility index (Phi) is 6.08. The van der Waals surface area contributed by atoms with Gasteiger partial charge in [-0.2, -0.15) is 0 Å². The number of halogens is 3. The van der Waals surface area contributed by atoms with E-state index in [0.29, 0.717) is 21.3 Å². The minimum Gasteiger partial charge on any atom is -0.324 e. The molecule has 0 saturated heterocycles. The van der Waals surface area contributed by atoms with Crippen LogP contribution in [-0.2, 0) is 20.4 Å². The number of nitrogens with one attached hydrogen (secondary N) is 1. The average molecular weight is 437 g/mol. The van der Waals surface area contributed by atoms with Crippen LogP contribution in [0.25, 0.3) is 0 Å². The highest BCUT2D eigenvalue weighted by Gasteiger charge is 2.18. The average Bonchev–Trinajstić information content (AvgIpc) is 2.43. The van der Waals surface area contributed by atoms with Gasteiger partial charge in [0.15, 0.2) is 9.84 Å². The molecular formula is C15H12BrCl2NO3S. The number of rotatable bonds is 5. The third kappa shape index (κ3) is 5.80. The van der Waals surface area contributed by atoms with E-state index in [1.807, 2.05) is 0 Å². The van der Waals surface area contributed by atoms with E-state index >= 15 is 0 Å². The molecule has 0 heterocycles. The minimum absolute atomic E-state index is 0.230. The molecule has 23 heavy (non-hydrogen) atoms. The molecule has 0 spiro atoms. The van der Waals surface area contributed by atoms with Crippen molar-refractivity contribution in [3.8, 4) is 0 Å². The number of hydrogen-bond acceptors (Lipinski definition) is 3. The minimum atomic E-state index is -3.60. The van der Waals surface area contributed by atoms with Crippen LogP contribution >= 0.6 is 39.1 Å². The smallest absolute Gasteiger partial charge is 0.239 e. The Hall–Kier alpha value is -1.08. The summed E-state index contributed by atoms with van der Waals surface area (Å²) in [4.78, 5) is 11.9. The molecule has 1 amide bonds. The predicted molar refractivity (Wildman–Crippen MR) is 96.7 cm³/mol. The van der Waals surface area contributed by atoms with E-state index in [1.165, 1.54) is 0 Å². The maximum atomic E-state index is 12.1. The molecule has 122 valence electrons. The Morgan fingerprint density at radius 1 is 1.09 bits per heavy atom. The fraction of sp³-hybridized carbons (Fsp3) is 0.133. The van der Waals surface area contributed by atoms with Gasteiger partial charge in [0.05, 0.1) is 16.5 Å². The number of sulfone groups is 1. The van der Waals surface area contributed by atoms with Crippen LogP contribution in [-0.4, -0.2) is 20.1 Å². The molecule has 0 radical (unpaired) electrons. The topological polar surface area (TPSA) is 63.2 Å². The van der Waals surface area contributed by atoms with Crippen LogP contribution in [0, 0.1) is 0 Å². The second-order valence-electron chi connectivity index (χ2n) is 4.83. The van der Waals surface area contributed by atoms with E-state index in [4.69, 9.17) is 23.2 Å². The van der Waals surface area contributed by atoms with Crippen molar-refractivity contribution in [2.75, 3.05) is 11.1 Å². The van der Waals surface area contributed by atoms with Gasteiger partial charge in [-0.3, -0.25) is 4.79 Å². The number of amides is 1. The molecule has 4 nitrogen and oxygen atoms in total. The van der Waals surface area contributed by atoms with Gasteiger partial charge in [0.2, 0.25) is 5.91 Å². The first kappa shape index (κ1) is 18.3. The quantitative estimate of drug-likeness (QED) is 0.759. The summed E-state index contributed by atoms with van der Waals surface area (Å²) in [6.45, 7) is 0. The lowest BCUT2D eigenvalue weighted by Crippen LogP contribution is -2.24. The highest BCUT2D eigenvalue weighted by Crippen LogP contribution is 2.25. The molecule has 2 aromatic rings. The van der Waals surface area contributed by atoms with E-state index in [9.17, 15) is 13.2 Å². The molecule has 8 heteroatoms. The number of hydrogen-bond donors (Lipinski definition) is 1. The second-order valence-corrected chi connectivity index (χ2v) is 8.65. The standard InChI is InChI=1S/C15H12BrCl2NO3S/c16-11-3-6-14(13(18)7-11)19-15(20)9-23(21,22)8-10-1-4-12(17)5-2-10/h1-7H,8-9H2,(H,19,20). The molecular weight excluding hydrogens is 425 g/mol. The molecule has 2 aromatic carbocycles. The summed E-state index contributed by atoms with van der Waals surface area (Å²) in [7, 11) is -3.60. The fourth-order valence-electron chi connectivity index (χ4n) is 1.86. The van der Waals surface area contributed by atoms with E-state index in [-0.39, 0.29) is 5.75 Å². The van der Waals surface area contributed by atoms with Gasteiger partial charge in [0.1, 0.15) is 5.75 Å². The molecule has 0 unspecified atom stereocenters. The first-order chi connectivity index (χ1) is 10.7. The molecule has 0 bridgehead atoms. The van der Waals surface area contributed by atoms with Crippen LogP contribution in [0.5, 0.6) is 0 Å². The Balaban J connectivity index is 2.02. The maximum absolute atomic E-state index is 12.1. The van der Waals surface area contributed by atoms with Crippen molar-refractivity contribution in [1.29, 1.82) is 0 Å². The van der Waals surface area contributed by atoms with Gasteiger partial charge < -0.3 is 5.32 Å². The first-order valence-corrected chi connectivity index (χ1v) is 9.82. The highest BCUT2D eigenvalue weighted by atomic mass is 79.9. The van der Waals surface area contributed by atoms with Crippen LogP contribution in [0.4, 0.5) is 5.69 Å². The zero-order valence-corrected chi connectivity index (χ0v) is 15.6. The van der Waals surface area contributed by atoms with Crippen LogP contribution in [0.2, 0.25) is 10.0 Å². The lowest BCUT2D eigenvalue weighted by Gasteiger charge is -2.08. The molecule has 0 aliphatic rings. The second kappa shape index (κ2) is 7.66. The van der Waals surface area contributed by atoms with Crippen molar-refractivity contribution in [1.82, 2.24) is 0 Å². The fourth-order valence-corrected chi connectivity index (χ4v) is 3.98. The van der Waals surface area contributed by atoms with Gasteiger partial charge in [-0.15, -0.1) is 0 Å². The molecule has 0 aliphatic heterocycles. The molecule has 0 fully saturated rings. The number of carbonyl (C=O) groups is 1. The van der Waals surface area contributed by atoms with E-state index in [2.05, 4.69) is 21.2 Å². The normalized spacial score (nSPS) is 11.3. The van der Waals surface area contributed by atoms with Gasteiger partial charge in [0.25, 0.3) is 0 Å². The van der Waals surface area contributed by atoms with Gasteiger partial charge in [-0.25, -0.2) is 8.42 Å². The van der Waals surface area contributed by atoms with Crippen molar-refractivity contribution in [3.05, 3.63) is 62.5 Å². The number of benzene rings is 2. The van der Waals surface area contributed by atoms with Crippen LogP contribution in [0.1, 0.15) is 5.56 Å². The Morgan fingerprint density at radius 2 is 1.74 bits per heavy atom. The van der Waals surface area contributed by atoms with Gasteiger partial charge in [-0.1, -0.05) is 51.3 Å². The van der Waals surface area contributed by atoms with Crippen LogP contribution in [0.15, 0.2) is 46.9 Å². The Labute approximate surface area is 152 Å². The van der Waals surface area contributed by atoms with Crippen LogP contribution in [0.3, 0.4) is 0 Å². The summed E-state index contributed by atoms with van der Waals surface area (Å²) in [6, 6.07) is 11.3. The Morgan fingerprint density at radius 3 is 2.35 bits per heavy atom. The largest absolute Gasteiger partial charge is 0.324 e. The zero-order valence-electron chi connectivity index (χ0n) is 11.7. The van der Waals surface area contributed by atoms with Crippen molar-refractivity contribution < 1.29 is 13.2 Å². The predicted octanol–water partition coefficient (Wildman–Crippen LogP) is 4.31. The lowest BCUT2D eigenvalue weighted by atomic mass is 10.2. The number of anilines is 1. The molecule has 0 saturated carbocycles. The molecule has 1 N–H and O–H groups in total. The van der Waals surface area contributed by atoms with Crippen molar-refractivity contribution >= 4 is 60.6 Å². The summed E-state index contributed by atoms with van der Waals surface area (Å²) >= 11 is 15.0. The van der Waals surface area contributed by atoms with Crippen LogP contribution < -0.4 is 5.32 Å². The summed E-state index contributed by atoms with van der Waals surface area (Å²) in [5.41, 5.74) is 0.936. The van der Waals surface area contributed by atoms with Gasteiger partial charge >= 0.3 is 0 Å². The summed E-state index contributed by atoms with van der Waals surface area (Å²) in [5, 5.41) is 3.34. The molecule has 2 rings (SSSR count). The Bertz CT molecular complexity index is 823. The third-order valence-corrected chi connectivity index (χ3v) is 5.39. The summed E-state index contributed by atoms with van der Waals surface area (Å²) < 4.78 is 24.9. The van der Waals surface area contributed by atoms with Crippen molar-refractivity contribution in [2.24, 2.45) is 0 Å². The van der Waals surface area contributed by atoms with E-state index in [0.717, 1.165) is 4.47 Å². The number of carbonyl (C=O) groups excluding carboxylic acids is 1. The van der Waals surface area contributed by atoms with E-state index in [1.54, 1.807) is 42.5 Å². The van der Waals surface area contributed by atoms with Crippen molar-refractivity contribution in [2.45, 2.75) is 5.75 Å².